The standard InChI is InChI=1S/C18H18N4O2S/c1-12-8-9-15(10-13(12)2)24-11-16-21-22-18(25-16)20-17(23)19-14-6-4-3-5-7-14/h3-10H,11H2,1-2H3,(H2,19,20,22,23). The lowest BCUT2D eigenvalue weighted by Gasteiger charge is -2.06. The van der Waals surface area contributed by atoms with E-state index in [-0.39, 0.29) is 6.03 Å². The number of ether oxygens (including phenoxy) is 1. The summed E-state index contributed by atoms with van der Waals surface area (Å²) in [6.45, 7) is 4.41. The van der Waals surface area contributed by atoms with Crippen LogP contribution in [0.25, 0.3) is 0 Å². The molecule has 7 heteroatoms. The lowest BCUT2D eigenvalue weighted by atomic mass is 10.1. The SMILES string of the molecule is Cc1ccc(OCc2nnc(NC(=O)Nc3ccccc3)s2)cc1C. The van der Waals surface area contributed by atoms with Gasteiger partial charge in [0.15, 0.2) is 5.01 Å². The molecule has 1 heterocycles. The number of carbonyl (C=O) groups excluding carboxylic acids is 1. The van der Waals surface area contributed by atoms with E-state index in [9.17, 15) is 4.79 Å². The van der Waals surface area contributed by atoms with Crippen LogP contribution in [-0.2, 0) is 6.61 Å². The molecular weight excluding hydrogens is 336 g/mol. The third-order valence-electron chi connectivity index (χ3n) is 3.56. The molecule has 1 aromatic heterocycles. The number of urea groups is 1. The van der Waals surface area contributed by atoms with Crippen LogP contribution in [-0.4, -0.2) is 16.2 Å². The number of hydrogen-bond acceptors (Lipinski definition) is 5. The zero-order chi connectivity index (χ0) is 17.6. The molecule has 0 aliphatic rings. The molecule has 0 unspecified atom stereocenters. The Balaban J connectivity index is 1.53. The van der Waals surface area contributed by atoms with Crippen molar-refractivity contribution in [1.82, 2.24) is 10.2 Å². The maximum atomic E-state index is 11.9. The summed E-state index contributed by atoms with van der Waals surface area (Å²) in [5, 5.41) is 14.5. The molecule has 3 rings (SSSR count). The molecule has 2 N–H and O–H groups in total. The lowest BCUT2D eigenvalue weighted by Crippen LogP contribution is -2.19. The van der Waals surface area contributed by atoms with Gasteiger partial charge in [-0.3, -0.25) is 5.32 Å². The van der Waals surface area contributed by atoms with E-state index in [0.717, 1.165) is 5.75 Å². The number of nitrogens with zero attached hydrogens (tertiary/aromatic N) is 2. The van der Waals surface area contributed by atoms with Gasteiger partial charge in [-0.15, -0.1) is 10.2 Å². The summed E-state index contributed by atoms with van der Waals surface area (Å²) in [6.07, 6.45) is 0. The molecule has 0 fully saturated rings. The first-order valence-corrected chi connectivity index (χ1v) is 8.57. The van der Waals surface area contributed by atoms with E-state index in [1.165, 1.54) is 22.5 Å². The van der Waals surface area contributed by atoms with E-state index in [0.29, 0.717) is 22.4 Å². The molecule has 6 nitrogen and oxygen atoms in total. The Hall–Kier alpha value is -2.93. The minimum Gasteiger partial charge on any atom is -0.486 e. The molecule has 3 aromatic rings. The van der Waals surface area contributed by atoms with Crippen LogP contribution in [0.2, 0.25) is 0 Å². The number of para-hydroxylation sites is 1. The Morgan fingerprint density at radius 1 is 1.04 bits per heavy atom. The normalized spacial score (nSPS) is 10.3. The van der Waals surface area contributed by atoms with Gasteiger partial charge in [0, 0.05) is 5.69 Å². The highest BCUT2D eigenvalue weighted by Crippen LogP contribution is 2.20. The topological polar surface area (TPSA) is 76.1 Å². The van der Waals surface area contributed by atoms with Crippen molar-refractivity contribution in [2.24, 2.45) is 0 Å². The summed E-state index contributed by atoms with van der Waals surface area (Å²) in [5.74, 6) is 0.787. The molecule has 2 aromatic carbocycles. The summed E-state index contributed by atoms with van der Waals surface area (Å²) in [5.41, 5.74) is 3.11. The Morgan fingerprint density at radius 3 is 2.60 bits per heavy atom. The van der Waals surface area contributed by atoms with Gasteiger partial charge < -0.3 is 10.1 Å². The van der Waals surface area contributed by atoms with E-state index in [1.54, 1.807) is 0 Å². The number of anilines is 2. The summed E-state index contributed by atoms with van der Waals surface area (Å²) in [4.78, 5) is 11.9. The second kappa shape index (κ2) is 7.76. The largest absolute Gasteiger partial charge is 0.486 e. The van der Waals surface area contributed by atoms with Gasteiger partial charge in [0.05, 0.1) is 0 Å². The van der Waals surface area contributed by atoms with E-state index in [2.05, 4.69) is 27.8 Å². The van der Waals surface area contributed by atoms with Crippen LogP contribution in [0, 0.1) is 13.8 Å². The number of aryl methyl sites for hydroxylation is 2. The number of benzene rings is 2. The van der Waals surface area contributed by atoms with Crippen LogP contribution in [0.5, 0.6) is 5.75 Å². The molecule has 0 aliphatic heterocycles. The number of hydrogen-bond donors (Lipinski definition) is 2. The molecule has 25 heavy (non-hydrogen) atoms. The average Bonchev–Trinajstić information content (AvgIpc) is 3.04. The first-order chi connectivity index (χ1) is 12.1. The summed E-state index contributed by atoms with van der Waals surface area (Å²) >= 11 is 1.28. The fourth-order valence-electron chi connectivity index (χ4n) is 2.09. The minimum atomic E-state index is -0.357. The van der Waals surface area contributed by atoms with Crippen molar-refractivity contribution in [3.05, 3.63) is 64.7 Å². The Morgan fingerprint density at radius 2 is 1.84 bits per heavy atom. The lowest BCUT2D eigenvalue weighted by molar-refractivity contribution is 0.262. The molecular formula is C18H18N4O2S. The van der Waals surface area contributed by atoms with Crippen LogP contribution < -0.4 is 15.4 Å². The van der Waals surface area contributed by atoms with E-state index >= 15 is 0 Å². The van der Waals surface area contributed by atoms with Gasteiger partial charge in [0.2, 0.25) is 5.13 Å². The van der Waals surface area contributed by atoms with Gasteiger partial charge in [-0.2, -0.15) is 0 Å². The van der Waals surface area contributed by atoms with Gasteiger partial charge in [-0.1, -0.05) is 35.6 Å². The minimum absolute atomic E-state index is 0.308. The molecule has 0 atom stereocenters. The van der Waals surface area contributed by atoms with Gasteiger partial charge >= 0.3 is 6.03 Å². The van der Waals surface area contributed by atoms with Crippen molar-refractivity contribution in [3.8, 4) is 5.75 Å². The third-order valence-corrected chi connectivity index (χ3v) is 4.37. The highest BCUT2D eigenvalue weighted by Gasteiger charge is 2.09. The zero-order valence-electron chi connectivity index (χ0n) is 13.9. The summed E-state index contributed by atoms with van der Waals surface area (Å²) in [6, 6.07) is 14.8. The van der Waals surface area contributed by atoms with Crippen molar-refractivity contribution < 1.29 is 9.53 Å². The smallest absolute Gasteiger partial charge is 0.325 e. The fourth-order valence-corrected chi connectivity index (χ4v) is 2.74. The van der Waals surface area contributed by atoms with Crippen LogP contribution in [0.4, 0.5) is 15.6 Å². The molecule has 128 valence electrons. The van der Waals surface area contributed by atoms with Crippen molar-refractivity contribution >= 4 is 28.2 Å². The molecule has 2 amide bonds. The van der Waals surface area contributed by atoms with Gasteiger partial charge in [0.1, 0.15) is 12.4 Å². The molecule has 0 saturated heterocycles. The number of amides is 2. The quantitative estimate of drug-likeness (QED) is 0.713. The highest BCUT2D eigenvalue weighted by atomic mass is 32.1. The number of aromatic nitrogens is 2. The van der Waals surface area contributed by atoms with Crippen molar-refractivity contribution in [3.63, 3.8) is 0 Å². The van der Waals surface area contributed by atoms with Crippen LogP contribution in [0.3, 0.4) is 0 Å². The van der Waals surface area contributed by atoms with Crippen molar-refractivity contribution in [2.75, 3.05) is 10.6 Å². The van der Waals surface area contributed by atoms with Gasteiger partial charge in [-0.05, 0) is 49.2 Å². The second-order valence-electron chi connectivity index (χ2n) is 5.48. The summed E-state index contributed by atoms with van der Waals surface area (Å²) < 4.78 is 5.72. The number of rotatable bonds is 5. The van der Waals surface area contributed by atoms with Gasteiger partial charge in [-0.25, -0.2) is 4.79 Å². The third kappa shape index (κ3) is 4.77. The molecule has 0 radical (unpaired) electrons. The average molecular weight is 354 g/mol. The number of nitrogens with one attached hydrogen (secondary N) is 2. The molecule has 0 bridgehead atoms. The highest BCUT2D eigenvalue weighted by molar-refractivity contribution is 7.15. The van der Waals surface area contributed by atoms with Crippen molar-refractivity contribution in [2.45, 2.75) is 20.5 Å². The second-order valence-corrected chi connectivity index (χ2v) is 6.54. The summed E-state index contributed by atoms with van der Waals surface area (Å²) in [7, 11) is 0. The predicted molar refractivity (Wildman–Crippen MR) is 99.2 cm³/mol. The monoisotopic (exact) mass is 354 g/mol. The Labute approximate surface area is 149 Å². The van der Waals surface area contributed by atoms with E-state index in [4.69, 9.17) is 4.74 Å². The Bertz CT molecular complexity index is 865. The predicted octanol–water partition coefficient (Wildman–Crippen LogP) is 4.38. The van der Waals surface area contributed by atoms with Gasteiger partial charge in [0.25, 0.3) is 0 Å². The van der Waals surface area contributed by atoms with Crippen LogP contribution in [0.15, 0.2) is 48.5 Å². The zero-order valence-corrected chi connectivity index (χ0v) is 14.8. The molecule has 0 spiro atoms. The maximum absolute atomic E-state index is 11.9. The van der Waals surface area contributed by atoms with Crippen molar-refractivity contribution in [1.29, 1.82) is 0 Å². The molecule has 0 aliphatic carbocycles. The maximum Gasteiger partial charge on any atom is 0.325 e. The van der Waals surface area contributed by atoms with E-state index < -0.39 is 0 Å². The van der Waals surface area contributed by atoms with Crippen LogP contribution >= 0.6 is 11.3 Å². The van der Waals surface area contributed by atoms with E-state index in [1.807, 2.05) is 55.5 Å². The fraction of sp³-hybridized carbons (Fsp3) is 0.167. The number of carbonyl (C=O) groups is 1. The first-order valence-electron chi connectivity index (χ1n) is 7.75. The first kappa shape index (κ1) is 16.9. The van der Waals surface area contributed by atoms with Crippen LogP contribution in [0.1, 0.15) is 16.1 Å². The molecule has 0 saturated carbocycles. The Kier molecular flexibility index (Phi) is 5.25.